The Morgan fingerprint density at radius 2 is 1.62 bits per heavy atom. The molecule has 0 aliphatic carbocycles. The van der Waals surface area contributed by atoms with E-state index < -0.39 is 22.0 Å². The highest BCUT2D eigenvalue weighted by atomic mass is 32.2. The monoisotopic (exact) mass is 478 g/mol. The third kappa shape index (κ3) is 5.13. The molecule has 1 heterocycles. The van der Waals surface area contributed by atoms with E-state index in [1.807, 2.05) is 54.7 Å². The number of aromatic amines is 1. The summed E-state index contributed by atoms with van der Waals surface area (Å²) < 4.78 is 33.5. The van der Waals surface area contributed by atoms with E-state index in [1.165, 1.54) is 12.1 Å². The summed E-state index contributed by atoms with van der Waals surface area (Å²) in [6.45, 7) is 3.73. The molecule has 0 aliphatic heterocycles. The topological polar surface area (TPSA) is 108 Å². The van der Waals surface area contributed by atoms with Crippen LogP contribution in [-0.4, -0.2) is 30.5 Å². The van der Waals surface area contributed by atoms with Crippen LogP contribution in [0.3, 0.4) is 0 Å². The van der Waals surface area contributed by atoms with Gasteiger partial charge in [0.25, 0.3) is 0 Å². The van der Waals surface area contributed by atoms with Crippen molar-refractivity contribution in [3.8, 4) is 16.9 Å². The van der Waals surface area contributed by atoms with Gasteiger partial charge < -0.3 is 14.8 Å². The quantitative estimate of drug-likeness (QED) is 0.320. The van der Waals surface area contributed by atoms with Crippen LogP contribution in [0.25, 0.3) is 22.0 Å². The Bertz CT molecular complexity index is 1390. The van der Waals surface area contributed by atoms with Crippen molar-refractivity contribution in [2.45, 2.75) is 31.4 Å². The fraction of sp³-hybridized carbons (Fsp3) is 0.192. The van der Waals surface area contributed by atoms with E-state index in [0.29, 0.717) is 6.61 Å². The highest BCUT2D eigenvalue weighted by Crippen LogP contribution is 2.26. The molecule has 176 valence electrons. The van der Waals surface area contributed by atoms with Gasteiger partial charge in [0.2, 0.25) is 10.0 Å². The van der Waals surface area contributed by atoms with Crippen molar-refractivity contribution in [1.82, 2.24) is 9.71 Å². The molecular formula is C26H26N2O5S. The van der Waals surface area contributed by atoms with Crippen molar-refractivity contribution in [3.05, 3.63) is 84.6 Å². The van der Waals surface area contributed by atoms with Crippen molar-refractivity contribution in [2.75, 3.05) is 0 Å². The first-order valence-electron chi connectivity index (χ1n) is 10.9. The number of aliphatic carboxylic acids is 1. The van der Waals surface area contributed by atoms with Crippen LogP contribution >= 0.6 is 0 Å². The van der Waals surface area contributed by atoms with E-state index in [1.54, 1.807) is 26.0 Å². The summed E-state index contributed by atoms with van der Waals surface area (Å²) in [6, 6.07) is 20.9. The molecule has 0 radical (unpaired) electrons. The van der Waals surface area contributed by atoms with E-state index in [0.717, 1.165) is 33.3 Å². The summed E-state index contributed by atoms with van der Waals surface area (Å²) in [5.41, 5.74) is 3.81. The van der Waals surface area contributed by atoms with Crippen LogP contribution in [0.5, 0.6) is 5.75 Å². The first kappa shape index (κ1) is 23.5. The fourth-order valence-electron chi connectivity index (χ4n) is 3.67. The number of sulfonamides is 1. The summed E-state index contributed by atoms with van der Waals surface area (Å²) in [5.74, 6) is -0.773. The van der Waals surface area contributed by atoms with Crippen molar-refractivity contribution in [2.24, 2.45) is 5.92 Å². The van der Waals surface area contributed by atoms with Crippen LogP contribution in [-0.2, 0) is 21.4 Å². The highest BCUT2D eigenvalue weighted by molar-refractivity contribution is 7.89. The van der Waals surface area contributed by atoms with Crippen molar-refractivity contribution >= 4 is 26.9 Å². The SMILES string of the molecule is CC(C)[C@@H](NS(=O)(=O)c1ccc(-c2ccc(COc3cccc4[nH]ccc34)cc2)cc1)C(=O)O. The normalized spacial score (nSPS) is 12.7. The summed E-state index contributed by atoms with van der Waals surface area (Å²) in [6.07, 6.45) is 1.88. The summed E-state index contributed by atoms with van der Waals surface area (Å²) >= 11 is 0. The summed E-state index contributed by atoms with van der Waals surface area (Å²) in [4.78, 5) is 14.5. The van der Waals surface area contributed by atoms with Gasteiger partial charge in [0.05, 0.1) is 4.90 Å². The van der Waals surface area contributed by atoms with Crippen LogP contribution in [0.1, 0.15) is 19.4 Å². The van der Waals surface area contributed by atoms with Crippen LogP contribution in [0.2, 0.25) is 0 Å². The Hall–Kier alpha value is -3.62. The number of rotatable bonds is 9. The lowest BCUT2D eigenvalue weighted by Gasteiger charge is -2.18. The molecule has 1 atom stereocenters. The molecule has 4 rings (SSSR count). The zero-order valence-corrected chi connectivity index (χ0v) is 19.7. The van der Waals surface area contributed by atoms with Gasteiger partial charge in [-0.2, -0.15) is 4.72 Å². The molecule has 0 saturated heterocycles. The number of hydrogen-bond acceptors (Lipinski definition) is 4. The van der Waals surface area contributed by atoms with Crippen molar-refractivity contribution in [1.29, 1.82) is 0 Å². The van der Waals surface area contributed by atoms with Gasteiger partial charge in [-0.05, 0) is 52.9 Å². The average molecular weight is 479 g/mol. The van der Waals surface area contributed by atoms with E-state index in [2.05, 4.69) is 9.71 Å². The number of carboxylic acid groups (broad SMARTS) is 1. The summed E-state index contributed by atoms with van der Waals surface area (Å²) in [5, 5.41) is 10.3. The zero-order chi connectivity index (χ0) is 24.3. The van der Waals surface area contributed by atoms with Crippen LogP contribution in [0.4, 0.5) is 0 Å². The van der Waals surface area contributed by atoms with E-state index in [-0.39, 0.29) is 10.8 Å². The second-order valence-corrected chi connectivity index (χ2v) is 10.1. The van der Waals surface area contributed by atoms with Gasteiger partial charge in [-0.15, -0.1) is 0 Å². The number of aromatic nitrogens is 1. The second kappa shape index (κ2) is 9.70. The first-order chi connectivity index (χ1) is 16.2. The number of H-pyrrole nitrogens is 1. The van der Waals surface area contributed by atoms with Crippen molar-refractivity contribution in [3.63, 3.8) is 0 Å². The second-order valence-electron chi connectivity index (χ2n) is 8.39. The predicted molar refractivity (Wildman–Crippen MR) is 131 cm³/mol. The molecule has 8 heteroatoms. The number of ether oxygens (including phenoxy) is 1. The van der Waals surface area contributed by atoms with Gasteiger partial charge in [-0.3, -0.25) is 4.79 Å². The Labute approximate surface area is 198 Å². The largest absolute Gasteiger partial charge is 0.488 e. The smallest absolute Gasteiger partial charge is 0.322 e. The minimum Gasteiger partial charge on any atom is -0.488 e. The lowest BCUT2D eigenvalue weighted by Crippen LogP contribution is -2.44. The van der Waals surface area contributed by atoms with Gasteiger partial charge in [0.15, 0.2) is 0 Å². The first-order valence-corrected chi connectivity index (χ1v) is 12.4. The lowest BCUT2D eigenvalue weighted by molar-refractivity contribution is -0.140. The Morgan fingerprint density at radius 3 is 2.24 bits per heavy atom. The molecule has 4 aromatic rings. The predicted octanol–water partition coefficient (Wildman–Crippen LogP) is 4.80. The number of carboxylic acids is 1. The Kier molecular flexibility index (Phi) is 6.72. The Balaban J connectivity index is 1.44. The molecular weight excluding hydrogens is 452 g/mol. The molecule has 3 aromatic carbocycles. The number of carbonyl (C=O) groups is 1. The van der Waals surface area contributed by atoms with Crippen molar-refractivity contribution < 1.29 is 23.1 Å². The van der Waals surface area contributed by atoms with Gasteiger partial charge >= 0.3 is 5.97 Å². The van der Waals surface area contributed by atoms with E-state index >= 15 is 0 Å². The molecule has 0 fully saturated rings. The molecule has 3 N–H and O–H groups in total. The van der Waals surface area contributed by atoms with E-state index in [9.17, 15) is 18.3 Å². The standard InChI is InChI=1S/C26H26N2O5S/c1-17(2)25(26(29)30)28-34(31,32)21-12-10-20(11-13-21)19-8-6-18(7-9-19)16-33-24-5-3-4-23-22(24)14-15-27-23/h3-15,17,25,27-28H,16H2,1-2H3,(H,29,30)/t25-/m1/s1. The number of hydrogen-bond donors (Lipinski definition) is 3. The minimum atomic E-state index is -3.95. The summed E-state index contributed by atoms with van der Waals surface area (Å²) in [7, 11) is -3.95. The van der Waals surface area contributed by atoms with E-state index in [4.69, 9.17) is 4.74 Å². The molecule has 7 nitrogen and oxygen atoms in total. The molecule has 0 spiro atoms. The number of benzene rings is 3. The zero-order valence-electron chi connectivity index (χ0n) is 18.9. The molecule has 0 bridgehead atoms. The Morgan fingerprint density at radius 1 is 0.971 bits per heavy atom. The van der Waals surface area contributed by atoms with Crippen LogP contribution in [0.15, 0.2) is 83.9 Å². The molecule has 0 aliphatic rings. The highest BCUT2D eigenvalue weighted by Gasteiger charge is 2.27. The maximum absolute atomic E-state index is 12.6. The third-order valence-electron chi connectivity index (χ3n) is 5.62. The van der Waals surface area contributed by atoms with Crippen LogP contribution in [0, 0.1) is 5.92 Å². The van der Waals surface area contributed by atoms with Gasteiger partial charge in [-0.1, -0.05) is 56.3 Å². The fourth-order valence-corrected chi connectivity index (χ4v) is 5.01. The molecule has 0 amide bonds. The molecule has 0 unspecified atom stereocenters. The third-order valence-corrected chi connectivity index (χ3v) is 7.07. The number of fused-ring (bicyclic) bond motifs is 1. The maximum atomic E-state index is 12.6. The molecule has 0 saturated carbocycles. The minimum absolute atomic E-state index is 0.0205. The van der Waals surface area contributed by atoms with Gasteiger partial charge in [0, 0.05) is 17.1 Å². The van der Waals surface area contributed by atoms with Gasteiger partial charge in [-0.25, -0.2) is 8.42 Å². The molecule has 34 heavy (non-hydrogen) atoms. The molecule has 1 aromatic heterocycles. The lowest BCUT2D eigenvalue weighted by atomic mass is 10.0. The number of nitrogens with one attached hydrogen (secondary N) is 2. The van der Waals surface area contributed by atoms with Crippen LogP contribution < -0.4 is 9.46 Å². The maximum Gasteiger partial charge on any atom is 0.322 e. The van der Waals surface area contributed by atoms with Gasteiger partial charge in [0.1, 0.15) is 18.4 Å². The average Bonchev–Trinajstić information content (AvgIpc) is 3.31.